The van der Waals surface area contributed by atoms with E-state index in [1.54, 1.807) is 0 Å². The minimum absolute atomic E-state index is 0.0917. The average molecular weight is 452 g/mol. The number of piperidine rings is 2. The second-order valence-corrected chi connectivity index (χ2v) is 12.7. The lowest BCUT2D eigenvalue weighted by atomic mass is 9.77. The zero-order chi connectivity index (χ0) is 21.4. The summed E-state index contributed by atoms with van der Waals surface area (Å²) in [6.07, 6.45) is 11.3. The number of nitrogens with one attached hydrogen (secondary N) is 1. The van der Waals surface area contributed by atoms with E-state index in [1.165, 1.54) is 38.5 Å². The summed E-state index contributed by atoms with van der Waals surface area (Å²) < 4.78 is 14.8. The van der Waals surface area contributed by atoms with Gasteiger partial charge in [-0.05, 0) is 87.9 Å². The highest BCUT2D eigenvalue weighted by Gasteiger charge is 2.46. The predicted octanol–water partition coefficient (Wildman–Crippen LogP) is 2.15. The predicted molar refractivity (Wildman–Crippen MR) is 123 cm³/mol. The summed E-state index contributed by atoms with van der Waals surface area (Å²) in [7, 11) is 0. The van der Waals surface area contributed by atoms with Crippen molar-refractivity contribution < 1.29 is 14.5 Å². The van der Waals surface area contributed by atoms with Crippen molar-refractivity contribution in [3.05, 3.63) is 0 Å². The highest BCUT2D eigenvalue weighted by Crippen LogP contribution is 2.53. The molecule has 0 spiro atoms. The van der Waals surface area contributed by atoms with Gasteiger partial charge in [-0.15, -0.1) is 4.31 Å². The molecule has 5 fully saturated rings. The van der Waals surface area contributed by atoms with E-state index in [0.717, 1.165) is 76.2 Å². The average Bonchev–Trinajstić information content (AvgIpc) is 3.02. The van der Waals surface area contributed by atoms with Crippen LogP contribution in [0.15, 0.2) is 0 Å². The van der Waals surface area contributed by atoms with Gasteiger partial charge in [0.2, 0.25) is 5.91 Å². The molecule has 6 nitrogen and oxygen atoms in total. The largest absolute Gasteiger partial charge is 0.598 e. The fourth-order valence-electron chi connectivity index (χ4n) is 7.33. The van der Waals surface area contributed by atoms with Gasteiger partial charge in [-0.1, -0.05) is 0 Å². The van der Waals surface area contributed by atoms with Gasteiger partial charge >= 0.3 is 0 Å². The van der Waals surface area contributed by atoms with Crippen LogP contribution in [0.5, 0.6) is 0 Å². The van der Waals surface area contributed by atoms with Gasteiger partial charge in [0, 0.05) is 56.0 Å². The van der Waals surface area contributed by atoms with Gasteiger partial charge in [0.15, 0.2) is 0 Å². The molecule has 2 N–H and O–H groups in total. The molecule has 0 aromatic rings. The number of rotatable bonds is 6. The van der Waals surface area contributed by atoms with E-state index in [-0.39, 0.29) is 17.9 Å². The smallest absolute Gasteiger partial charge is 0.223 e. The minimum Gasteiger partial charge on any atom is -0.598 e. The first kappa shape index (κ1) is 22.5. The number of hydrogen-bond acceptors (Lipinski definition) is 5. The van der Waals surface area contributed by atoms with Crippen molar-refractivity contribution >= 4 is 17.3 Å². The zero-order valence-electron chi connectivity index (χ0n) is 18.9. The van der Waals surface area contributed by atoms with Crippen molar-refractivity contribution in [3.8, 4) is 0 Å². The molecule has 3 unspecified atom stereocenters. The molecule has 0 aromatic carbocycles. The number of nitrogens with zero attached hydrogens (tertiary/aromatic N) is 2. The first-order chi connectivity index (χ1) is 15.0. The molecule has 2 saturated heterocycles. The van der Waals surface area contributed by atoms with Gasteiger partial charge in [0.05, 0.1) is 6.10 Å². The van der Waals surface area contributed by atoms with Crippen molar-refractivity contribution in [3.63, 3.8) is 0 Å². The summed E-state index contributed by atoms with van der Waals surface area (Å²) in [6.45, 7) is 4.19. The maximum absolute atomic E-state index is 13.0. The van der Waals surface area contributed by atoms with Gasteiger partial charge in [0.25, 0.3) is 0 Å². The normalized spacial score (nSPS) is 38.8. The third kappa shape index (κ3) is 5.26. The van der Waals surface area contributed by atoms with Crippen molar-refractivity contribution in [2.24, 2.45) is 29.6 Å². The minimum atomic E-state index is -0.959. The SMILES string of the molecule is O=C(NC1CC[C@@H]2C[C@H]3CC1C[C@@H]2C3)C1CCN([S+]([O-])CCN2CCC(O)CC2)CC1. The number of aliphatic hydroxyl groups excluding tert-OH is 1. The standard InChI is InChI=1S/C24H41N3O3S/c28-22-5-7-26(8-6-22)11-12-31(30)27-9-3-18(4-10-27)24(29)25-23-2-1-19-13-17-14-20(19)16-21(23)15-17/h17-23,28H,1-16H2,(H,25,29)/t17-,19-,20+,21?,23?,31?/m1/s1. The monoisotopic (exact) mass is 451 g/mol. The Morgan fingerprint density at radius 2 is 1.61 bits per heavy atom. The Morgan fingerprint density at radius 3 is 2.39 bits per heavy atom. The Kier molecular flexibility index (Phi) is 7.15. The fourth-order valence-corrected chi connectivity index (χ4v) is 8.63. The molecule has 5 aliphatic rings. The van der Waals surface area contributed by atoms with Crippen LogP contribution in [0.2, 0.25) is 0 Å². The molecule has 31 heavy (non-hydrogen) atoms. The van der Waals surface area contributed by atoms with Crippen LogP contribution in [0.1, 0.15) is 64.2 Å². The van der Waals surface area contributed by atoms with Crippen LogP contribution in [-0.2, 0) is 16.2 Å². The zero-order valence-corrected chi connectivity index (χ0v) is 19.7. The molecule has 3 saturated carbocycles. The Balaban J connectivity index is 1.04. The van der Waals surface area contributed by atoms with Crippen LogP contribution in [0.3, 0.4) is 0 Å². The maximum Gasteiger partial charge on any atom is 0.223 e. The van der Waals surface area contributed by atoms with Crippen LogP contribution >= 0.6 is 0 Å². The number of likely N-dealkylation sites (tertiary alicyclic amines) is 1. The molecule has 7 heteroatoms. The maximum atomic E-state index is 13.0. The van der Waals surface area contributed by atoms with E-state index in [4.69, 9.17) is 0 Å². The van der Waals surface area contributed by atoms with E-state index in [9.17, 15) is 14.5 Å². The molecule has 0 aromatic heterocycles. The third-order valence-corrected chi connectivity index (χ3v) is 10.7. The summed E-state index contributed by atoms with van der Waals surface area (Å²) in [5, 5.41) is 13.1. The van der Waals surface area contributed by atoms with Crippen LogP contribution in [0, 0.1) is 29.6 Å². The molecule has 6 atom stereocenters. The van der Waals surface area contributed by atoms with Crippen LogP contribution in [0.25, 0.3) is 0 Å². The molecule has 176 valence electrons. The molecule has 5 rings (SSSR count). The van der Waals surface area contributed by atoms with E-state index in [0.29, 0.717) is 17.7 Å². The van der Waals surface area contributed by atoms with Crippen molar-refractivity contribution in [1.29, 1.82) is 0 Å². The topological polar surface area (TPSA) is 78.9 Å². The molecule has 0 radical (unpaired) electrons. The lowest BCUT2D eigenvalue weighted by Gasteiger charge is -2.36. The number of aliphatic hydroxyl groups is 1. The highest BCUT2D eigenvalue weighted by atomic mass is 32.2. The van der Waals surface area contributed by atoms with Gasteiger partial charge in [-0.25, -0.2) is 0 Å². The number of carbonyl (C=O) groups excluding carboxylic acids is 1. The number of amides is 1. The molecule has 2 aliphatic heterocycles. The molecule has 3 aliphatic carbocycles. The summed E-state index contributed by atoms with van der Waals surface area (Å²) >= 11 is -0.959. The van der Waals surface area contributed by atoms with Gasteiger partial charge in [-0.2, -0.15) is 0 Å². The number of carbonyl (C=O) groups is 1. The molecular weight excluding hydrogens is 410 g/mol. The number of fused-ring (bicyclic) bond motifs is 2. The molecule has 1 amide bonds. The Morgan fingerprint density at radius 1 is 0.903 bits per heavy atom. The Bertz CT molecular complexity index is 621. The molecule has 2 heterocycles. The van der Waals surface area contributed by atoms with Crippen molar-refractivity contribution in [1.82, 2.24) is 14.5 Å². The van der Waals surface area contributed by atoms with Crippen LogP contribution in [-0.4, -0.2) is 75.4 Å². The van der Waals surface area contributed by atoms with E-state index in [1.807, 2.05) is 0 Å². The first-order valence-electron chi connectivity index (χ1n) is 12.9. The lowest BCUT2D eigenvalue weighted by molar-refractivity contribution is -0.127. The van der Waals surface area contributed by atoms with E-state index < -0.39 is 11.4 Å². The first-order valence-corrected chi connectivity index (χ1v) is 14.2. The summed E-state index contributed by atoms with van der Waals surface area (Å²) in [5.41, 5.74) is 0. The van der Waals surface area contributed by atoms with Crippen LogP contribution in [0.4, 0.5) is 0 Å². The summed E-state index contributed by atoms with van der Waals surface area (Å²) in [5.74, 6) is 4.55. The summed E-state index contributed by atoms with van der Waals surface area (Å²) in [6, 6.07) is 0.401. The lowest BCUT2D eigenvalue weighted by Crippen LogP contribution is -2.48. The van der Waals surface area contributed by atoms with E-state index >= 15 is 0 Å². The van der Waals surface area contributed by atoms with Crippen LogP contribution < -0.4 is 5.32 Å². The highest BCUT2D eigenvalue weighted by molar-refractivity contribution is 7.89. The molecule has 3 bridgehead atoms. The van der Waals surface area contributed by atoms with Crippen molar-refractivity contribution in [2.75, 3.05) is 38.5 Å². The quantitative estimate of drug-likeness (QED) is 0.605. The second kappa shape index (κ2) is 9.88. The third-order valence-electron chi connectivity index (χ3n) is 9.18. The number of hydrogen-bond donors (Lipinski definition) is 2. The fraction of sp³-hybridized carbons (Fsp3) is 0.958. The van der Waals surface area contributed by atoms with Gasteiger partial charge in [0.1, 0.15) is 5.75 Å². The Labute approximate surface area is 190 Å². The van der Waals surface area contributed by atoms with Gasteiger partial charge in [-0.3, -0.25) is 9.69 Å². The second-order valence-electron chi connectivity index (χ2n) is 11.1. The van der Waals surface area contributed by atoms with Gasteiger partial charge < -0.3 is 15.0 Å². The van der Waals surface area contributed by atoms with E-state index in [2.05, 4.69) is 14.5 Å². The Hall–Kier alpha value is -0.340. The van der Waals surface area contributed by atoms with Crippen molar-refractivity contribution in [2.45, 2.75) is 76.4 Å². The summed E-state index contributed by atoms with van der Waals surface area (Å²) in [4.78, 5) is 15.4. The molecular formula is C24H41N3O3S.